The molecule has 21 heavy (non-hydrogen) atoms. The van der Waals surface area contributed by atoms with Crippen LogP contribution in [0.4, 0.5) is 0 Å². The molecule has 114 valence electrons. The number of hydrogen-bond donors (Lipinski definition) is 0. The van der Waals surface area contributed by atoms with E-state index < -0.39 is 0 Å². The predicted molar refractivity (Wildman–Crippen MR) is 87.0 cm³/mol. The first-order chi connectivity index (χ1) is 10.2. The largest absolute Gasteiger partial charge is 0.356 e. The second-order valence-electron chi connectivity index (χ2n) is 4.97. The molecular formula is C17H22O3S. The van der Waals surface area contributed by atoms with Crippen molar-refractivity contribution in [3.63, 3.8) is 0 Å². The fourth-order valence-electron chi connectivity index (χ4n) is 2.44. The van der Waals surface area contributed by atoms with Crippen molar-refractivity contribution >= 4 is 23.0 Å². The SMILES string of the molecule is CCSC(=O)[C@@H]1CCC(OC)O[C@@H]1/C=C/c1ccccc1. The monoisotopic (exact) mass is 306 g/mol. The van der Waals surface area contributed by atoms with Crippen molar-refractivity contribution in [1.82, 2.24) is 0 Å². The summed E-state index contributed by atoms with van der Waals surface area (Å²) in [7, 11) is 1.64. The lowest BCUT2D eigenvalue weighted by Crippen LogP contribution is -2.38. The Balaban J connectivity index is 2.09. The van der Waals surface area contributed by atoms with Gasteiger partial charge in [0.2, 0.25) is 0 Å². The standard InChI is InChI=1S/C17H22O3S/c1-3-21-17(18)14-10-12-16(19-2)20-15(14)11-9-13-7-5-4-6-8-13/h4-9,11,14-16H,3,10,12H2,1-2H3/b11-9+/t14-,15-,16?/m1/s1. The first kappa shape index (κ1) is 16.3. The van der Waals surface area contributed by atoms with Crippen LogP contribution >= 0.6 is 11.8 Å². The van der Waals surface area contributed by atoms with Gasteiger partial charge in [-0.05, 0) is 24.2 Å². The number of hydrogen-bond acceptors (Lipinski definition) is 4. The maximum atomic E-state index is 12.2. The van der Waals surface area contributed by atoms with Crippen LogP contribution in [0.3, 0.4) is 0 Å². The van der Waals surface area contributed by atoms with E-state index in [-0.39, 0.29) is 23.4 Å². The zero-order valence-electron chi connectivity index (χ0n) is 12.5. The summed E-state index contributed by atoms with van der Waals surface area (Å²) >= 11 is 1.38. The summed E-state index contributed by atoms with van der Waals surface area (Å²) in [5.41, 5.74) is 1.11. The van der Waals surface area contributed by atoms with Crippen LogP contribution in [-0.2, 0) is 14.3 Å². The van der Waals surface area contributed by atoms with Crippen LogP contribution in [0.2, 0.25) is 0 Å². The van der Waals surface area contributed by atoms with E-state index in [9.17, 15) is 4.79 Å². The minimum absolute atomic E-state index is 0.0821. The third-order valence-electron chi connectivity index (χ3n) is 3.55. The van der Waals surface area contributed by atoms with E-state index in [1.165, 1.54) is 11.8 Å². The van der Waals surface area contributed by atoms with Gasteiger partial charge in [-0.1, -0.05) is 61.2 Å². The molecule has 0 aliphatic carbocycles. The van der Waals surface area contributed by atoms with Gasteiger partial charge in [-0.3, -0.25) is 4.79 Å². The van der Waals surface area contributed by atoms with Crippen LogP contribution in [0.25, 0.3) is 6.08 Å². The summed E-state index contributed by atoms with van der Waals surface area (Å²) in [4.78, 5) is 12.2. The van der Waals surface area contributed by atoms with Crippen LogP contribution in [-0.4, -0.2) is 30.4 Å². The third-order valence-corrected chi connectivity index (χ3v) is 4.42. The number of ether oxygens (including phenoxy) is 2. The Labute approximate surface area is 130 Å². The van der Waals surface area contributed by atoms with Crippen molar-refractivity contribution in [3.8, 4) is 0 Å². The molecule has 3 atom stereocenters. The van der Waals surface area contributed by atoms with Crippen LogP contribution in [0.5, 0.6) is 0 Å². The smallest absolute Gasteiger partial charge is 0.194 e. The van der Waals surface area contributed by atoms with Gasteiger partial charge in [0.05, 0.1) is 12.0 Å². The second kappa shape index (κ2) is 8.37. The molecule has 0 bridgehead atoms. The molecule has 1 heterocycles. The Morgan fingerprint density at radius 1 is 1.38 bits per heavy atom. The first-order valence-corrected chi connectivity index (χ1v) is 8.31. The predicted octanol–water partition coefficient (Wildman–Crippen LogP) is 3.75. The van der Waals surface area contributed by atoms with Gasteiger partial charge < -0.3 is 9.47 Å². The van der Waals surface area contributed by atoms with Crippen LogP contribution in [0.1, 0.15) is 25.3 Å². The third kappa shape index (κ3) is 4.70. The Morgan fingerprint density at radius 3 is 2.81 bits per heavy atom. The number of carbonyl (C=O) groups is 1. The van der Waals surface area contributed by atoms with E-state index in [0.29, 0.717) is 0 Å². The van der Waals surface area contributed by atoms with Gasteiger partial charge in [-0.15, -0.1) is 0 Å². The topological polar surface area (TPSA) is 35.5 Å². The normalized spacial score (nSPS) is 26.1. The van der Waals surface area contributed by atoms with Crippen molar-refractivity contribution in [2.24, 2.45) is 5.92 Å². The number of benzene rings is 1. The summed E-state index contributed by atoms with van der Waals surface area (Å²) in [5, 5.41) is 0.217. The zero-order chi connectivity index (χ0) is 15.1. The highest BCUT2D eigenvalue weighted by Crippen LogP contribution is 2.30. The fourth-order valence-corrected chi connectivity index (χ4v) is 3.19. The molecule has 0 saturated carbocycles. The maximum absolute atomic E-state index is 12.2. The van der Waals surface area contributed by atoms with Crippen LogP contribution < -0.4 is 0 Å². The average Bonchev–Trinajstić information content (AvgIpc) is 2.53. The molecule has 0 N–H and O–H groups in total. The molecule has 3 nitrogen and oxygen atoms in total. The number of rotatable bonds is 5. The molecule has 0 spiro atoms. The van der Waals surface area contributed by atoms with E-state index in [4.69, 9.17) is 9.47 Å². The second-order valence-corrected chi connectivity index (χ2v) is 6.24. The van der Waals surface area contributed by atoms with Gasteiger partial charge in [-0.2, -0.15) is 0 Å². The Bertz CT molecular complexity index is 472. The summed E-state index contributed by atoms with van der Waals surface area (Å²) in [5.74, 6) is 0.722. The highest BCUT2D eigenvalue weighted by molar-refractivity contribution is 8.13. The molecule has 0 aromatic heterocycles. The summed E-state index contributed by atoms with van der Waals surface area (Å²) in [6, 6.07) is 10.0. The summed E-state index contributed by atoms with van der Waals surface area (Å²) < 4.78 is 11.2. The molecular weight excluding hydrogens is 284 g/mol. The van der Waals surface area contributed by atoms with E-state index >= 15 is 0 Å². The molecule has 1 aliphatic rings. The number of thioether (sulfide) groups is 1. The molecule has 4 heteroatoms. The molecule has 1 aliphatic heterocycles. The molecule has 1 saturated heterocycles. The highest BCUT2D eigenvalue weighted by atomic mass is 32.2. The number of carbonyl (C=O) groups excluding carboxylic acids is 1. The molecule has 1 unspecified atom stereocenters. The van der Waals surface area contributed by atoms with Gasteiger partial charge in [0.25, 0.3) is 0 Å². The van der Waals surface area contributed by atoms with Gasteiger partial charge >= 0.3 is 0 Å². The van der Waals surface area contributed by atoms with Gasteiger partial charge in [0, 0.05) is 7.11 Å². The van der Waals surface area contributed by atoms with Gasteiger partial charge in [0.1, 0.15) is 0 Å². The molecule has 0 amide bonds. The minimum atomic E-state index is -0.217. The van der Waals surface area contributed by atoms with E-state index in [1.807, 2.05) is 49.4 Å². The van der Waals surface area contributed by atoms with Crippen molar-refractivity contribution in [2.75, 3.05) is 12.9 Å². The quantitative estimate of drug-likeness (QED) is 0.830. The minimum Gasteiger partial charge on any atom is -0.356 e. The Kier molecular flexibility index (Phi) is 6.49. The molecule has 2 rings (SSSR count). The van der Waals surface area contributed by atoms with Crippen LogP contribution in [0.15, 0.2) is 36.4 Å². The lowest BCUT2D eigenvalue weighted by Gasteiger charge is -2.33. The zero-order valence-corrected chi connectivity index (χ0v) is 13.3. The molecule has 0 radical (unpaired) electrons. The fraction of sp³-hybridized carbons (Fsp3) is 0.471. The first-order valence-electron chi connectivity index (χ1n) is 7.32. The maximum Gasteiger partial charge on any atom is 0.194 e. The van der Waals surface area contributed by atoms with Crippen molar-refractivity contribution < 1.29 is 14.3 Å². The van der Waals surface area contributed by atoms with Crippen molar-refractivity contribution in [3.05, 3.63) is 42.0 Å². The van der Waals surface area contributed by atoms with E-state index in [1.54, 1.807) is 7.11 Å². The average molecular weight is 306 g/mol. The van der Waals surface area contributed by atoms with Gasteiger partial charge in [0.15, 0.2) is 11.4 Å². The van der Waals surface area contributed by atoms with Crippen LogP contribution in [0, 0.1) is 5.92 Å². The lowest BCUT2D eigenvalue weighted by atomic mass is 9.94. The van der Waals surface area contributed by atoms with Crippen molar-refractivity contribution in [2.45, 2.75) is 32.2 Å². The Morgan fingerprint density at radius 2 is 2.14 bits per heavy atom. The lowest BCUT2D eigenvalue weighted by molar-refractivity contribution is -0.183. The van der Waals surface area contributed by atoms with Gasteiger partial charge in [-0.25, -0.2) is 0 Å². The Hall–Kier alpha value is -1.10. The van der Waals surface area contributed by atoms with E-state index in [0.717, 1.165) is 24.2 Å². The number of methoxy groups -OCH3 is 1. The molecule has 1 aromatic rings. The van der Waals surface area contributed by atoms with Crippen molar-refractivity contribution in [1.29, 1.82) is 0 Å². The molecule has 1 aromatic carbocycles. The van der Waals surface area contributed by atoms with E-state index in [2.05, 4.69) is 0 Å². The highest BCUT2D eigenvalue weighted by Gasteiger charge is 2.34. The summed E-state index contributed by atoms with van der Waals surface area (Å²) in [6.45, 7) is 2.00. The molecule has 1 fully saturated rings. The summed E-state index contributed by atoms with van der Waals surface area (Å²) in [6.07, 6.45) is 5.15.